The summed E-state index contributed by atoms with van der Waals surface area (Å²) in [5, 5.41) is 10.0. The largest absolute Gasteiger partial charge is 0.481 e. The average Bonchev–Trinajstić information content (AvgIpc) is 3.01. The minimum atomic E-state index is -0.795. The van der Waals surface area contributed by atoms with Crippen molar-refractivity contribution >= 4 is 29.6 Å². The van der Waals surface area contributed by atoms with Crippen molar-refractivity contribution in [3.8, 4) is 0 Å². The van der Waals surface area contributed by atoms with Gasteiger partial charge in [0.05, 0.1) is 6.42 Å². The van der Waals surface area contributed by atoms with Gasteiger partial charge in [-0.3, -0.25) is 9.59 Å². The minimum absolute atomic E-state index is 0.0273. The zero-order valence-corrected chi connectivity index (χ0v) is 17.9. The molecule has 1 N–H and O–H groups in total. The van der Waals surface area contributed by atoms with E-state index in [0.717, 1.165) is 36.0 Å². The van der Waals surface area contributed by atoms with Crippen LogP contribution in [0.25, 0.3) is 6.08 Å². The lowest BCUT2D eigenvalue weighted by Crippen LogP contribution is -2.43. The summed E-state index contributed by atoms with van der Waals surface area (Å²) in [7, 11) is 0. The molecular formula is C25H26ClNO3. The Morgan fingerprint density at radius 2 is 1.90 bits per heavy atom. The van der Waals surface area contributed by atoms with Gasteiger partial charge in [-0.05, 0) is 71.9 Å². The molecule has 1 atom stereocenters. The smallest absolute Gasteiger partial charge is 0.303 e. The van der Waals surface area contributed by atoms with Crippen molar-refractivity contribution in [3.05, 3.63) is 75.8 Å². The van der Waals surface area contributed by atoms with Crippen molar-refractivity contribution in [3.63, 3.8) is 0 Å². The standard InChI is InChI=1S/C25H26ClNO3/c1-17-5-2-3-6-18(17)9-10-22(28)27-13-11-25(12-14-27)16-19(15-23(29)30)24-20(25)7-4-8-21(24)26/h2-10,19H,11-16H2,1H3,(H,29,30)/b10-9+. The lowest BCUT2D eigenvalue weighted by Gasteiger charge is -2.40. The highest BCUT2D eigenvalue weighted by Gasteiger charge is 2.47. The van der Waals surface area contributed by atoms with E-state index in [0.29, 0.717) is 18.1 Å². The lowest BCUT2D eigenvalue weighted by molar-refractivity contribution is -0.137. The highest BCUT2D eigenvalue weighted by Crippen LogP contribution is 2.54. The number of aryl methyl sites for hydroxylation is 1. The summed E-state index contributed by atoms with van der Waals surface area (Å²) in [6.45, 7) is 3.37. The molecule has 2 aliphatic rings. The van der Waals surface area contributed by atoms with E-state index in [1.54, 1.807) is 6.08 Å². The Hall–Kier alpha value is -2.59. The summed E-state index contributed by atoms with van der Waals surface area (Å²) >= 11 is 6.48. The zero-order chi connectivity index (χ0) is 21.3. The third-order valence-corrected chi connectivity index (χ3v) is 7.05. The van der Waals surface area contributed by atoms with Gasteiger partial charge in [-0.15, -0.1) is 0 Å². The second kappa shape index (κ2) is 8.27. The van der Waals surface area contributed by atoms with Gasteiger partial charge in [0.15, 0.2) is 0 Å². The van der Waals surface area contributed by atoms with Gasteiger partial charge in [-0.25, -0.2) is 0 Å². The summed E-state index contributed by atoms with van der Waals surface area (Å²) in [5.74, 6) is -0.828. The van der Waals surface area contributed by atoms with Crippen molar-refractivity contribution in [1.82, 2.24) is 4.90 Å². The van der Waals surface area contributed by atoms with Crippen LogP contribution < -0.4 is 0 Å². The molecule has 30 heavy (non-hydrogen) atoms. The molecular weight excluding hydrogens is 398 g/mol. The Kier molecular flexibility index (Phi) is 5.70. The van der Waals surface area contributed by atoms with Gasteiger partial charge >= 0.3 is 5.97 Å². The molecule has 1 aliphatic carbocycles. The number of aliphatic carboxylic acids is 1. The maximum Gasteiger partial charge on any atom is 0.303 e. The molecule has 156 valence electrons. The topological polar surface area (TPSA) is 57.6 Å². The maximum absolute atomic E-state index is 12.7. The quantitative estimate of drug-likeness (QED) is 0.689. The van der Waals surface area contributed by atoms with Crippen LogP contribution in [0, 0.1) is 6.92 Å². The SMILES string of the molecule is Cc1ccccc1/C=C/C(=O)N1CCC2(CC1)CC(CC(=O)O)c1c(Cl)cccc12. The number of likely N-dealkylation sites (tertiary alicyclic amines) is 1. The Balaban J connectivity index is 1.49. The molecule has 2 aromatic carbocycles. The van der Waals surface area contributed by atoms with Crippen molar-refractivity contribution in [2.45, 2.75) is 43.9 Å². The van der Waals surface area contributed by atoms with Crippen LogP contribution in [0.3, 0.4) is 0 Å². The number of rotatable bonds is 4. The summed E-state index contributed by atoms with van der Waals surface area (Å²) in [4.78, 5) is 26.0. The fourth-order valence-electron chi connectivity index (χ4n) is 5.15. The molecule has 1 spiro atoms. The highest BCUT2D eigenvalue weighted by atomic mass is 35.5. The van der Waals surface area contributed by atoms with E-state index in [4.69, 9.17) is 11.6 Å². The summed E-state index contributed by atoms with van der Waals surface area (Å²) in [6, 6.07) is 13.9. The molecule has 0 saturated carbocycles. The van der Waals surface area contributed by atoms with Gasteiger partial charge in [0.1, 0.15) is 0 Å². The number of hydrogen-bond donors (Lipinski definition) is 1. The first-order chi connectivity index (χ1) is 14.4. The molecule has 1 aliphatic heterocycles. The number of carboxylic acids is 1. The number of nitrogens with zero attached hydrogens (tertiary/aromatic N) is 1. The Labute approximate surface area is 182 Å². The van der Waals surface area contributed by atoms with Crippen LogP contribution >= 0.6 is 11.6 Å². The second-order valence-electron chi connectivity index (χ2n) is 8.50. The van der Waals surface area contributed by atoms with Crippen LogP contribution in [0.1, 0.15) is 53.9 Å². The number of halogens is 1. The third kappa shape index (κ3) is 3.89. The van der Waals surface area contributed by atoms with E-state index >= 15 is 0 Å². The monoisotopic (exact) mass is 423 g/mol. The molecule has 4 rings (SSSR count). The molecule has 0 aromatic heterocycles. The fourth-order valence-corrected chi connectivity index (χ4v) is 5.48. The molecule has 1 heterocycles. The van der Waals surface area contributed by atoms with Crippen LogP contribution in [-0.4, -0.2) is 35.0 Å². The van der Waals surface area contributed by atoms with E-state index in [1.165, 1.54) is 5.56 Å². The third-order valence-electron chi connectivity index (χ3n) is 6.72. The second-order valence-corrected chi connectivity index (χ2v) is 8.90. The number of fused-ring (bicyclic) bond motifs is 2. The number of carboxylic acid groups (broad SMARTS) is 1. The number of carbonyl (C=O) groups excluding carboxylic acids is 1. The van der Waals surface area contributed by atoms with Crippen LogP contribution in [-0.2, 0) is 15.0 Å². The summed E-state index contributed by atoms with van der Waals surface area (Å²) < 4.78 is 0. The van der Waals surface area contributed by atoms with Crippen LogP contribution in [0.5, 0.6) is 0 Å². The highest BCUT2D eigenvalue weighted by molar-refractivity contribution is 6.31. The Morgan fingerprint density at radius 1 is 1.17 bits per heavy atom. The molecule has 2 aromatic rings. The zero-order valence-electron chi connectivity index (χ0n) is 17.1. The number of benzene rings is 2. The normalized spacial score (nSPS) is 19.9. The molecule has 0 bridgehead atoms. The molecule has 0 radical (unpaired) electrons. The van der Waals surface area contributed by atoms with Crippen molar-refractivity contribution < 1.29 is 14.7 Å². The van der Waals surface area contributed by atoms with Crippen LogP contribution in [0.15, 0.2) is 48.5 Å². The van der Waals surface area contributed by atoms with Gasteiger partial charge in [-0.2, -0.15) is 0 Å². The molecule has 1 amide bonds. The number of amides is 1. The predicted molar refractivity (Wildman–Crippen MR) is 119 cm³/mol. The minimum Gasteiger partial charge on any atom is -0.481 e. The Morgan fingerprint density at radius 3 is 2.60 bits per heavy atom. The summed E-state index contributed by atoms with van der Waals surface area (Å²) in [5.41, 5.74) is 4.29. The molecule has 1 fully saturated rings. The Bertz CT molecular complexity index is 1010. The maximum atomic E-state index is 12.7. The number of hydrogen-bond acceptors (Lipinski definition) is 2. The number of carbonyl (C=O) groups is 2. The van der Waals surface area contributed by atoms with Gasteiger partial charge in [0.2, 0.25) is 5.91 Å². The average molecular weight is 424 g/mol. The molecule has 4 nitrogen and oxygen atoms in total. The van der Waals surface area contributed by atoms with Crippen molar-refractivity contribution in [2.75, 3.05) is 13.1 Å². The van der Waals surface area contributed by atoms with Gasteiger partial charge < -0.3 is 10.0 Å². The van der Waals surface area contributed by atoms with E-state index in [1.807, 2.05) is 54.3 Å². The summed E-state index contributed by atoms with van der Waals surface area (Å²) in [6.07, 6.45) is 6.10. The lowest BCUT2D eigenvalue weighted by atomic mass is 9.73. The van der Waals surface area contributed by atoms with E-state index in [2.05, 4.69) is 6.07 Å². The van der Waals surface area contributed by atoms with Gasteiger partial charge in [-0.1, -0.05) is 48.0 Å². The molecule has 5 heteroatoms. The van der Waals surface area contributed by atoms with Gasteiger partial charge in [0, 0.05) is 24.2 Å². The first kappa shape index (κ1) is 20.7. The van der Waals surface area contributed by atoms with Crippen molar-refractivity contribution in [1.29, 1.82) is 0 Å². The fraction of sp³-hybridized carbons (Fsp3) is 0.360. The van der Waals surface area contributed by atoms with Gasteiger partial charge in [0.25, 0.3) is 0 Å². The number of piperidine rings is 1. The van der Waals surface area contributed by atoms with E-state index < -0.39 is 5.97 Å². The van der Waals surface area contributed by atoms with E-state index in [-0.39, 0.29) is 23.7 Å². The first-order valence-electron chi connectivity index (χ1n) is 10.4. The molecule has 1 unspecified atom stereocenters. The van der Waals surface area contributed by atoms with Crippen LogP contribution in [0.4, 0.5) is 0 Å². The van der Waals surface area contributed by atoms with E-state index in [9.17, 15) is 14.7 Å². The molecule has 1 saturated heterocycles. The first-order valence-corrected chi connectivity index (χ1v) is 10.8. The predicted octanol–water partition coefficient (Wildman–Crippen LogP) is 5.18. The van der Waals surface area contributed by atoms with Crippen molar-refractivity contribution in [2.24, 2.45) is 0 Å². The van der Waals surface area contributed by atoms with Crippen LogP contribution in [0.2, 0.25) is 5.02 Å².